The number of ketones is 1. The van der Waals surface area contributed by atoms with Crippen molar-refractivity contribution in [2.75, 3.05) is 0 Å². The molecule has 7 heteroatoms. The van der Waals surface area contributed by atoms with Crippen molar-refractivity contribution in [1.29, 1.82) is 0 Å². The predicted molar refractivity (Wildman–Crippen MR) is 102 cm³/mol. The fourth-order valence-corrected chi connectivity index (χ4v) is 3.43. The Kier molecular flexibility index (Phi) is 4.73. The second-order valence-electron chi connectivity index (χ2n) is 6.83. The predicted octanol–water partition coefficient (Wildman–Crippen LogP) is 3.31. The Hall–Kier alpha value is -3.35. The highest BCUT2D eigenvalue weighted by Gasteiger charge is 2.25. The fraction of sp³-hybridized carbons (Fsp3) is 0.286. The van der Waals surface area contributed by atoms with E-state index in [4.69, 9.17) is 4.52 Å². The van der Waals surface area contributed by atoms with Gasteiger partial charge in [-0.2, -0.15) is 4.98 Å². The number of fused-ring (bicyclic) bond motifs is 1. The van der Waals surface area contributed by atoms with E-state index in [0.29, 0.717) is 23.7 Å². The lowest BCUT2D eigenvalue weighted by molar-refractivity contribution is 0.0931. The molecule has 3 aromatic rings. The van der Waals surface area contributed by atoms with Gasteiger partial charge in [0.05, 0.1) is 6.04 Å². The van der Waals surface area contributed by atoms with Gasteiger partial charge in [-0.1, -0.05) is 24.2 Å². The SMILES string of the molecule is CCc1nc(-c2ccc3c(c2)CC[C@H]3NC(=O)c2cc(C(C)=O)ccn2)no1. The minimum absolute atomic E-state index is 0.0872. The third-order valence-corrected chi connectivity index (χ3v) is 4.95. The summed E-state index contributed by atoms with van der Waals surface area (Å²) < 4.78 is 5.19. The van der Waals surface area contributed by atoms with E-state index in [9.17, 15) is 9.59 Å². The van der Waals surface area contributed by atoms with E-state index in [0.717, 1.165) is 29.5 Å². The summed E-state index contributed by atoms with van der Waals surface area (Å²) in [6.07, 6.45) is 3.85. The van der Waals surface area contributed by atoms with Crippen LogP contribution in [0.3, 0.4) is 0 Å². The standard InChI is InChI=1S/C21H20N4O3/c1-3-19-24-20(25-28-19)15-4-6-16-14(10-15)5-7-17(16)23-21(27)18-11-13(12(2)26)8-9-22-18/h4,6,8-11,17H,3,5,7H2,1-2H3,(H,23,27)/t17-/m1/s1. The molecule has 0 saturated carbocycles. The van der Waals surface area contributed by atoms with E-state index in [-0.39, 0.29) is 23.4 Å². The fourth-order valence-electron chi connectivity index (χ4n) is 3.43. The normalized spacial score (nSPS) is 15.3. The molecule has 1 aromatic carbocycles. The average molecular weight is 376 g/mol. The van der Waals surface area contributed by atoms with Crippen molar-refractivity contribution in [2.45, 2.75) is 39.2 Å². The van der Waals surface area contributed by atoms with Gasteiger partial charge < -0.3 is 9.84 Å². The first-order chi connectivity index (χ1) is 13.5. The molecular weight excluding hydrogens is 356 g/mol. The quantitative estimate of drug-likeness (QED) is 0.686. The molecule has 0 bridgehead atoms. The number of pyridine rings is 1. The molecule has 0 aliphatic heterocycles. The first-order valence-electron chi connectivity index (χ1n) is 9.28. The summed E-state index contributed by atoms with van der Waals surface area (Å²) in [7, 11) is 0. The Balaban J connectivity index is 1.52. The van der Waals surface area contributed by atoms with E-state index < -0.39 is 0 Å². The molecule has 0 saturated heterocycles. The van der Waals surface area contributed by atoms with Crippen LogP contribution in [0.4, 0.5) is 0 Å². The zero-order chi connectivity index (χ0) is 19.7. The lowest BCUT2D eigenvalue weighted by Gasteiger charge is -2.14. The van der Waals surface area contributed by atoms with Crippen molar-refractivity contribution in [3.63, 3.8) is 0 Å². The molecule has 0 fully saturated rings. The van der Waals surface area contributed by atoms with Crippen molar-refractivity contribution in [1.82, 2.24) is 20.4 Å². The van der Waals surface area contributed by atoms with Crippen LogP contribution in [-0.2, 0) is 12.8 Å². The number of nitrogens with zero attached hydrogens (tertiary/aromatic N) is 3. The molecule has 0 radical (unpaired) electrons. The number of rotatable bonds is 5. The first-order valence-corrected chi connectivity index (χ1v) is 9.28. The molecular formula is C21H20N4O3. The van der Waals surface area contributed by atoms with Crippen LogP contribution < -0.4 is 5.32 Å². The van der Waals surface area contributed by atoms with Gasteiger partial charge in [-0.25, -0.2) is 0 Å². The van der Waals surface area contributed by atoms with Crippen molar-refractivity contribution >= 4 is 11.7 Å². The van der Waals surface area contributed by atoms with Gasteiger partial charge in [-0.15, -0.1) is 0 Å². The number of nitrogens with one attached hydrogen (secondary N) is 1. The second-order valence-corrected chi connectivity index (χ2v) is 6.83. The van der Waals surface area contributed by atoms with Crippen LogP contribution >= 0.6 is 0 Å². The summed E-state index contributed by atoms with van der Waals surface area (Å²) in [5.41, 5.74) is 3.87. The Labute approximate surface area is 162 Å². The van der Waals surface area contributed by atoms with Crippen molar-refractivity contribution < 1.29 is 14.1 Å². The Morgan fingerprint density at radius 2 is 2.11 bits per heavy atom. The zero-order valence-electron chi connectivity index (χ0n) is 15.7. The van der Waals surface area contributed by atoms with E-state index in [1.165, 1.54) is 19.2 Å². The maximum atomic E-state index is 12.6. The number of Topliss-reactive ketones (excluding diaryl/α,β-unsaturated/α-hetero) is 1. The molecule has 7 nitrogen and oxygen atoms in total. The Morgan fingerprint density at radius 1 is 1.25 bits per heavy atom. The van der Waals surface area contributed by atoms with Crippen LogP contribution in [0.2, 0.25) is 0 Å². The summed E-state index contributed by atoms with van der Waals surface area (Å²) >= 11 is 0. The lowest BCUT2D eigenvalue weighted by Crippen LogP contribution is -2.28. The molecule has 0 unspecified atom stereocenters. The third-order valence-electron chi connectivity index (χ3n) is 4.95. The van der Waals surface area contributed by atoms with Gasteiger partial charge in [-0.05, 0) is 49.1 Å². The maximum Gasteiger partial charge on any atom is 0.270 e. The van der Waals surface area contributed by atoms with Crippen molar-refractivity contribution in [3.8, 4) is 11.4 Å². The van der Waals surface area contributed by atoms with Crippen LogP contribution in [0.25, 0.3) is 11.4 Å². The van der Waals surface area contributed by atoms with Gasteiger partial charge in [0.1, 0.15) is 5.69 Å². The molecule has 4 rings (SSSR count). The molecule has 1 aliphatic rings. The summed E-state index contributed by atoms with van der Waals surface area (Å²) in [6.45, 7) is 3.43. The summed E-state index contributed by atoms with van der Waals surface area (Å²) in [4.78, 5) is 32.6. The highest BCUT2D eigenvalue weighted by Crippen LogP contribution is 2.33. The number of amides is 1. The molecule has 0 spiro atoms. The summed E-state index contributed by atoms with van der Waals surface area (Å²) in [5, 5.41) is 7.05. The molecule has 1 N–H and O–H groups in total. The molecule has 142 valence electrons. The number of benzene rings is 1. The van der Waals surface area contributed by atoms with Gasteiger partial charge in [0, 0.05) is 23.7 Å². The second kappa shape index (κ2) is 7.34. The van der Waals surface area contributed by atoms with Crippen molar-refractivity contribution in [2.24, 2.45) is 0 Å². The van der Waals surface area contributed by atoms with Gasteiger partial charge in [0.2, 0.25) is 11.7 Å². The van der Waals surface area contributed by atoms with Crippen LogP contribution in [0.5, 0.6) is 0 Å². The molecule has 1 atom stereocenters. The van der Waals surface area contributed by atoms with E-state index in [2.05, 4.69) is 26.5 Å². The Bertz CT molecular complexity index is 1060. The topological polar surface area (TPSA) is 98.0 Å². The lowest BCUT2D eigenvalue weighted by atomic mass is 10.0. The maximum absolute atomic E-state index is 12.6. The number of hydrogen-bond donors (Lipinski definition) is 1. The summed E-state index contributed by atoms with van der Waals surface area (Å²) in [6, 6.07) is 9.05. The largest absolute Gasteiger partial charge is 0.344 e. The minimum Gasteiger partial charge on any atom is -0.344 e. The minimum atomic E-state index is -0.282. The highest BCUT2D eigenvalue weighted by molar-refractivity contribution is 5.98. The van der Waals surface area contributed by atoms with Gasteiger partial charge in [-0.3, -0.25) is 14.6 Å². The van der Waals surface area contributed by atoms with E-state index in [1.807, 2.05) is 19.1 Å². The van der Waals surface area contributed by atoms with Crippen LogP contribution in [0, 0.1) is 0 Å². The van der Waals surface area contributed by atoms with E-state index >= 15 is 0 Å². The average Bonchev–Trinajstić information content (AvgIpc) is 3.35. The molecule has 1 aliphatic carbocycles. The van der Waals surface area contributed by atoms with Crippen LogP contribution in [0.15, 0.2) is 41.1 Å². The van der Waals surface area contributed by atoms with Crippen molar-refractivity contribution in [3.05, 3.63) is 64.8 Å². The number of carbonyl (C=O) groups excluding carboxylic acids is 2. The Morgan fingerprint density at radius 3 is 2.86 bits per heavy atom. The smallest absolute Gasteiger partial charge is 0.270 e. The number of carbonyl (C=O) groups is 2. The number of hydrogen-bond acceptors (Lipinski definition) is 6. The van der Waals surface area contributed by atoms with E-state index in [1.54, 1.807) is 6.07 Å². The highest BCUT2D eigenvalue weighted by atomic mass is 16.5. The number of aromatic nitrogens is 3. The van der Waals surface area contributed by atoms with Crippen LogP contribution in [-0.4, -0.2) is 26.8 Å². The zero-order valence-corrected chi connectivity index (χ0v) is 15.7. The number of aryl methyl sites for hydroxylation is 2. The summed E-state index contributed by atoms with van der Waals surface area (Å²) in [5.74, 6) is 0.817. The van der Waals surface area contributed by atoms with Crippen LogP contribution in [0.1, 0.15) is 64.2 Å². The monoisotopic (exact) mass is 376 g/mol. The molecule has 28 heavy (non-hydrogen) atoms. The molecule has 1 amide bonds. The molecule has 2 aromatic heterocycles. The van der Waals surface area contributed by atoms with Gasteiger partial charge in [0.15, 0.2) is 5.78 Å². The third kappa shape index (κ3) is 3.43. The van der Waals surface area contributed by atoms with Gasteiger partial charge >= 0.3 is 0 Å². The molecule has 2 heterocycles. The van der Waals surface area contributed by atoms with Gasteiger partial charge in [0.25, 0.3) is 5.91 Å². The first kappa shape index (κ1) is 18.0.